The molecule has 0 bridgehead atoms. The number of hydrogen-bond acceptors (Lipinski definition) is 3. The minimum absolute atomic E-state index is 0.215. The number of ether oxygens (including phenoxy) is 1. The molecule has 0 amide bonds. The van der Waals surface area contributed by atoms with Gasteiger partial charge in [0.25, 0.3) is 0 Å². The van der Waals surface area contributed by atoms with E-state index < -0.39 is 0 Å². The van der Waals surface area contributed by atoms with Crippen molar-refractivity contribution in [2.75, 3.05) is 26.7 Å². The summed E-state index contributed by atoms with van der Waals surface area (Å²) in [6.45, 7) is 9.98. The quantitative estimate of drug-likeness (QED) is 0.816. The Morgan fingerprint density at radius 1 is 1.24 bits per heavy atom. The van der Waals surface area contributed by atoms with Crippen LogP contribution in [0.3, 0.4) is 0 Å². The molecule has 3 nitrogen and oxygen atoms in total. The number of nitrogens with zero attached hydrogens (tertiary/aromatic N) is 1. The lowest BCUT2D eigenvalue weighted by molar-refractivity contribution is -0.00135. The van der Waals surface area contributed by atoms with Crippen LogP contribution in [-0.4, -0.2) is 43.3 Å². The lowest BCUT2D eigenvalue weighted by atomic mass is 9.65. The molecule has 1 unspecified atom stereocenters. The predicted molar refractivity (Wildman–Crippen MR) is 89.4 cm³/mol. The van der Waals surface area contributed by atoms with E-state index in [0.717, 1.165) is 25.6 Å². The second-order valence-corrected chi connectivity index (χ2v) is 8.06. The molecule has 124 valence electrons. The lowest BCUT2D eigenvalue weighted by Gasteiger charge is -2.49. The first-order chi connectivity index (χ1) is 9.93. The first-order valence-electron chi connectivity index (χ1n) is 8.96. The van der Waals surface area contributed by atoms with E-state index in [-0.39, 0.29) is 5.54 Å². The molecule has 2 aliphatic rings. The first kappa shape index (κ1) is 17.2. The molecular weight excluding hydrogens is 260 g/mol. The highest BCUT2D eigenvalue weighted by Gasteiger charge is 2.41. The zero-order chi connectivity index (χ0) is 15.5. The van der Waals surface area contributed by atoms with Gasteiger partial charge < -0.3 is 10.5 Å². The maximum atomic E-state index is 6.22. The SMILES string of the molecule is CCC(C)(C)C1CCC(CN)(N(C)CC2CCCO2)CC1. The largest absolute Gasteiger partial charge is 0.377 e. The predicted octanol–water partition coefficient (Wildman–Crippen LogP) is 3.42. The van der Waals surface area contributed by atoms with E-state index in [9.17, 15) is 0 Å². The molecule has 21 heavy (non-hydrogen) atoms. The fourth-order valence-corrected chi connectivity index (χ4v) is 4.25. The topological polar surface area (TPSA) is 38.5 Å². The zero-order valence-corrected chi connectivity index (χ0v) is 14.7. The van der Waals surface area contributed by atoms with Crippen LogP contribution in [0.5, 0.6) is 0 Å². The molecule has 2 rings (SSSR count). The smallest absolute Gasteiger partial charge is 0.0702 e. The summed E-state index contributed by atoms with van der Waals surface area (Å²) in [7, 11) is 2.26. The zero-order valence-electron chi connectivity index (χ0n) is 14.7. The van der Waals surface area contributed by atoms with Crippen LogP contribution in [0.25, 0.3) is 0 Å². The van der Waals surface area contributed by atoms with Crippen LogP contribution in [-0.2, 0) is 4.74 Å². The molecule has 1 aliphatic heterocycles. The Morgan fingerprint density at radius 2 is 1.90 bits per heavy atom. The third-order valence-electron chi connectivity index (χ3n) is 6.62. The fourth-order valence-electron chi connectivity index (χ4n) is 4.25. The van der Waals surface area contributed by atoms with Crippen molar-refractivity contribution in [1.29, 1.82) is 0 Å². The summed E-state index contributed by atoms with van der Waals surface area (Å²) in [5.41, 5.74) is 6.91. The van der Waals surface area contributed by atoms with Gasteiger partial charge in [0.1, 0.15) is 0 Å². The summed E-state index contributed by atoms with van der Waals surface area (Å²) in [6, 6.07) is 0. The van der Waals surface area contributed by atoms with Crippen molar-refractivity contribution in [2.24, 2.45) is 17.1 Å². The second-order valence-electron chi connectivity index (χ2n) is 8.06. The molecule has 1 heterocycles. The van der Waals surface area contributed by atoms with Crippen LogP contribution < -0.4 is 5.73 Å². The molecule has 0 aromatic rings. The molecule has 3 heteroatoms. The van der Waals surface area contributed by atoms with Gasteiger partial charge in [0.05, 0.1) is 6.10 Å². The van der Waals surface area contributed by atoms with Crippen LogP contribution >= 0.6 is 0 Å². The standard InChI is InChI=1S/C18H36N2O/c1-5-17(2,3)15-8-10-18(14-19,11-9-15)20(4)13-16-7-6-12-21-16/h15-16H,5-14,19H2,1-4H3. The average Bonchev–Trinajstić information content (AvgIpc) is 3.00. The number of hydrogen-bond donors (Lipinski definition) is 1. The van der Waals surface area contributed by atoms with Gasteiger partial charge in [-0.25, -0.2) is 0 Å². The molecule has 0 radical (unpaired) electrons. The summed E-state index contributed by atoms with van der Waals surface area (Å²) < 4.78 is 5.81. The van der Waals surface area contributed by atoms with E-state index in [1.54, 1.807) is 0 Å². The molecule has 1 aliphatic carbocycles. The van der Waals surface area contributed by atoms with Crippen LogP contribution in [0.4, 0.5) is 0 Å². The Hall–Kier alpha value is -0.120. The maximum absolute atomic E-state index is 6.22. The van der Waals surface area contributed by atoms with Gasteiger partial charge in [-0.15, -0.1) is 0 Å². The van der Waals surface area contributed by atoms with E-state index in [2.05, 4.69) is 32.7 Å². The molecule has 0 aromatic heterocycles. The number of nitrogens with two attached hydrogens (primary N) is 1. The van der Waals surface area contributed by atoms with E-state index in [1.165, 1.54) is 44.9 Å². The van der Waals surface area contributed by atoms with Gasteiger partial charge in [-0.2, -0.15) is 0 Å². The summed E-state index contributed by atoms with van der Waals surface area (Å²) in [5.74, 6) is 0.860. The van der Waals surface area contributed by atoms with Gasteiger partial charge in [0, 0.05) is 25.2 Å². The van der Waals surface area contributed by atoms with Gasteiger partial charge in [-0.3, -0.25) is 4.90 Å². The highest BCUT2D eigenvalue weighted by Crippen LogP contribution is 2.44. The van der Waals surface area contributed by atoms with Crippen LogP contribution in [0.1, 0.15) is 65.7 Å². The molecule has 0 spiro atoms. The van der Waals surface area contributed by atoms with E-state index in [4.69, 9.17) is 10.5 Å². The van der Waals surface area contributed by atoms with Crippen molar-refractivity contribution in [1.82, 2.24) is 4.90 Å². The Kier molecular flexibility index (Phi) is 5.72. The Labute approximate surface area is 131 Å². The second kappa shape index (κ2) is 6.97. The van der Waals surface area contributed by atoms with Crippen molar-refractivity contribution in [3.8, 4) is 0 Å². The first-order valence-corrected chi connectivity index (χ1v) is 8.96. The number of rotatable bonds is 6. The maximum Gasteiger partial charge on any atom is 0.0702 e. The van der Waals surface area contributed by atoms with Crippen LogP contribution in [0.2, 0.25) is 0 Å². The molecule has 1 saturated heterocycles. The van der Waals surface area contributed by atoms with Gasteiger partial charge in [-0.1, -0.05) is 27.2 Å². The normalized spacial score (nSPS) is 34.6. The van der Waals surface area contributed by atoms with Crippen molar-refractivity contribution in [2.45, 2.75) is 77.4 Å². The Morgan fingerprint density at radius 3 is 2.38 bits per heavy atom. The van der Waals surface area contributed by atoms with Crippen molar-refractivity contribution < 1.29 is 4.74 Å². The number of likely N-dealkylation sites (N-methyl/N-ethyl adjacent to an activating group) is 1. The Bertz CT molecular complexity index is 315. The molecule has 0 aromatic carbocycles. The van der Waals surface area contributed by atoms with Gasteiger partial charge in [-0.05, 0) is 56.9 Å². The van der Waals surface area contributed by atoms with E-state index >= 15 is 0 Å². The lowest BCUT2D eigenvalue weighted by Crippen LogP contribution is -2.56. The van der Waals surface area contributed by atoms with Gasteiger partial charge >= 0.3 is 0 Å². The van der Waals surface area contributed by atoms with Crippen LogP contribution in [0, 0.1) is 11.3 Å². The minimum Gasteiger partial charge on any atom is -0.377 e. The molecule has 1 atom stereocenters. The van der Waals surface area contributed by atoms with Crippen molar-refractivity contribution in [3.63, 3.8) is 0 Å². The van der Waals surface area contributed by atoms with Gasteiger partial charge in [0.15, 0.2) is 0 Å². The summed E-state index contributed by atoms with van der Waals surface area (Å²) in [5, 5.41) is 0. The third kappa shape index (κ3) is 3.80. The van der Waals surface area contributed by atoms with E-state index in [1.807, 2.05) is 0 Å². The van der Waals surface area contributed by atoms with E-state index in [0.29, 0.717) is 11.5 Å². The van der Waals surface area contributed by atoms with Crippen molar-refractivity contribution >= 4 is 0 Å². The monoisotopic (exact) mass is 296 g/mol. The summed E-state index contributed by atoms with van der Waals surface area (Å²) in [4.78, 5) is 2.53. The molecule has 2 fully saturated rings. The van der Waals surface area contributed by atoms with Gasteiger partial charge in [0.2, 0.25) is 0 Å². The van der Waals surface area contributed by atoms with Crippen LogP contribution in [0.15, 0.2) is 0 Å². The molecular formula is C18H36N2O. The third-order valence-corrected chi connectivity index (χ3v) is 6.62. The summed E-state index contributed by atoms with van der Waals surface area (Å²) >= 11 is 0. The highest BCUT2D eigenvalue weighted by atomic mass is 16.5. The van der Waals surface area contributed by atoms with Crippen molar-refractivity contribution in [3.05, 3.63) is 0 Å². The Balaban J connectivity index is 1.93. The minimum atomic E-state index is 0.215. The average molecular weight is 296 g/mol. The fraction of sp³-hybridized carbons (Fsp3) is 1.00. The molecule has 1 saturated carbocycles. The molecule has 2 N–H and O–H groups in total. The highest BCUT2D eigenvalue weighted by molar-refractivity contribution is 4.97. The summed E-state index contributed by atoms with van der Waals surface area (Å²) in [6.07, 6.45) is 9.31.